The number of aryl methyl sites for hydroxylation is 1. The van der Waals surface area contributed by atoms with E-state index in [2.05, 4.69) is 34.1 Å². The molecule has 1 aromatic heterocycles. The Bertz CT molecular complexity index is 730. The van der Waals surface area contributed by atoms with Gasteiger partial charge in [0.1, 0.15) is 11.3 Å². The zero-order valence-corrected chi connectivity index (χ0v) is 18.6. The van der Waals surface area contributed by atoms with Crippen molar-refractivity contribution in [1.82, 2.24) is 4.98 Å². The number of pyridine rings is 1. The molecule has 0 bridgehead atoms. The number of hydrogen-bond donors (Lipinski definition) is 1. The number of nitrogens with zero attached hydrogens (tertiary/aromatic N) is 1. The SMILES string of the molecule is OCCCCCCCCCCCc1ccc2c(Br)ccc(OCC3CC3)c2n1. The van der Waals surface area contributed by atoms with Gasteiger partial charge in [-0.2, -0.15) is 0 Å². The molecular formula is C24H34BrNO2. The Morgan fingerprint density at radius 2 is 1.57 bits per heavy atom. The number of benzene rings is 1. The highest BCUT2D eigenvalue weighted by Crippen LogP contribution is 2.34. The summed E-state index contributed by atoms with van der Waals surface area (Å²) in [4.78, 5) is 4.93. The molecule has 4 heteroatoms. The maximum Gasteiger partial charge on any atom is 0.145 e. The first-order valence-corrected chi connectivity index (χ1v) is 11.9. The minimum absolute atomic E-state index is 0.341. The molecule has 0 unspecified atom stereocenters. The molecule has 1 aliphatic carbocycles. The van der Waals surface area contributed by atoms with Gasteiger partial charge >= 0.3 is 0 Å². The van der Waals surface area contributed by atoms with Crippen LogP contribution in [0, 0.1) is 5.92 Å². The van der Waals surface area contributed by atoms with E-state index >= 15 is 0 Å². The van der Waals surface area contributed by atoms with Crippen molar-refractivity contribution in [3.63, 3.8) is 0 Å². The molecule has 3 nitrogen and oxygen atoms in total. The number of aliphatic hydroxyl groups is 1. The fourth-order valence-corrected chi connectivity index (χ4v) is 4.05. The van der Waals surface area contributed by atoms with Gasteiger partial charge in [-0.1, -0.05) is 60.9 Å². The molecule has 1 aromatic carbocycles. The summed E-state index contributed by atoms with van der Waals surface area (Å²) in [6.45, 7) is 1.16. The van der Waals surface area contributed by atoms with Crippen molar-refractivity contribution in [2.45, 2.75) is 77.0 Å². The Kier molecular flexibility index (Phi) is 9.07. The molecule has 1 heterocycles. The average molecular weight is 448 g/mol. The number of ether oxygens (including phenoxy) is 1. The van der Waals surface area contributed by atoms with Gasteiger partial charge in [-0.25, -0.2) is 4.98 Å². The Hall–Kier alpha value is -1.13. The molecule has 0 amide bonds. The summed E-state index contributed by atoms with van der Waals surface area (Å²) < 4.78 is 7.14. The van der Waals surface area contributed by atoms with Crippen LogP contribution in [0.15, 0.2) is 28.7 Å². The minimum atomic E-state index is 0.341. The number of hydrogen-bond acceptors (Lipinski definition) is 3. The van der Waals surface area contributed by atoms with Crippen molar-refractivity contribution < 1.29 is 9.84 Å². The average Bonchev–Trinajstić information content (AvgIpc) is 3.53. The van der Waals surface area contributed by atoms with Crippen LogP contribution < -0.4 is 4.74 Å². The minimum Gasteiger partial charge on any atom is -0.491 e. The first kappa shape index (κ1) is 21.6. The number of fused-ring (bicyclic) bond motifs is 1. The molecule has 0 aliphatic heterocycles. The fraction of sp³-hybridized carbons (Fsp3) is 0.625. The number of unbranched alkanes of at least 4 members (excludes halogenated alkanes) is 8. The smallest absolute Gasteiger partial charge is 0.145 e. The van der Waals surface area contributed by atoms with Crippen LogP contribution in [0.5, 0.6) is 5.75 Å². The Balaban J connectivity index is 1.42. The Morgan fingerprint density at radius 1 is 0.893 bits per heavy atom. The van der Waals surface area contributed by atoms with Crippen LogP contribution in [0.25, 0.3) is 10.9 Å². The van der Waals surface area contributed by atoms with Gasteiger partial charge < -0.3 is 9.84 Å². The molecule has 154 valence electrons. The van der Waals surface area contributed by atoms with Gasteiger partial charge in [-0.05, 0) is 62.3 Å². The van der Waals surface area contributed by atoms with Crippen LogP contribution in [-0.4, -0.2) is 23.3 Å². The van der Waals surface area contributed by atoms with Crippen molar-refractivity contribution in [2.75, 3.05) is 13.2 Å². The molecule has 28 heavy (non-hydrogen) atoms. The van der Waals surface area contributed by atoms with Crippen molar-refractivity contribution in [3.05, 3.63) is 34.4 Å². The van der Waals surface area contributed by atoms with Crippen LogP contribution in [0.4, 0.5) is 0 Å². The fourth-order valence-electron chi connectivity index (χ4n) is 3.60. The molecule has 0 spiro atoms. The van der Waals surface area contributed by atoms with Gasteiger partial charge in [0.2, 0.25) is 0 Å². The quantitative estimate of drug-likeness (QED) is 0.322. The zero-order chi connectivity index (χ0) is 19.6. The summed E-state index contributed by atoms with van der Waals surface area (Å²) in [7, 11) is 0. The third-order valence-corrected chi connectivity index (χ3v) is 6.28. The van der Waals surface area contributed by atoms with Gasteiger partial charge in [0.25, 0.3) is 0 Å². The molecule has 1 aliphatic rings. The van der Waals surface area contributed by atoms with Crippen LogP contribution in [-0.2, 0) is 6.42 Å². The monoisotopic (exact) mass is 447 g/mol. The zero-order valence-electron chi connectivity index (χ0n) is 17.0. The summed E-state index contributed by atoms with van der Waals surface area (Å²) >= 11 is 3.65. The summed E-state index contributed by atoms with van der Waals surface area (Å²) in [5.41, 5.74) is 2.17. The lowest BCUT2D eigenvalue weighted by atomic mass is 10.1. The maximum absolute atomic E-state index is 8.78. The standard InChI is InChI=1S/C24H34BrNO2/c25-22-15-16-23(28-18-19-11-12-19)24-21(22)14-13-20(26-24)10-8-6-4-2-1-3-5-7-9-17-27/h13-16,19,27H,1-12,17-18H2. The number of halogens is 1. The van der Waals surface area contributed by atoms with E-state index in [0.29, 0.717) is 6.61 Å². The largest absolute Gasteiger partial charge is 0.491 e. The number of aromatic nitrogens is 1. The normalized spacial score (nSPS) is 13.9. The predicted octanol–water partition coefficient (Wildman–Crippen LogP) is 6.83. The van der Waals surface area contributed by atoms with Gasteiger partial charge in [0.15, 0.2) is 0 Å². The summed E-state index contributed by atoms with van der Waals surface area (Å²) in [6.07, 6.45) is 14.8. The van der Waals surface area contributed by atoms with Crippen molar-refractivity contribution >= 4 is 26.8 Å². The van der Waals surface area contributed by atoms with E-state index in [1.54, 1.807) is 0 Å². The van der Waals surface area contributed by atoms with E-state index in [1.807, 2.05) is 6.07 Å². The molecule has 1 N–H and O–H groups in total. The van der Waals surface area contributed by atoms with Crippen LogP contribution in [0.1, 0.15) is 76.3 Å². The highest BCUT2D eigenvalue weighted by Gasteiger charge is 2.22. The highest BCUT2D eigenvalue weighted by molar-refractivity contribution is 9.10. The van der Waals surface area contributed by atoms with Crippen LogP contribution in [0.3, 0.4) is 0 Å². The van der Waals surface area contributed by atoms with E-state index in [0.717, 1.165) is 46.5 Å². The molecule has 1 saturated carbocycles. The molecule has 2 aromatic rings. The predicted molar refractivity (Wildman–Crippen MR) is 120 cm³/mol. The van der Waals surface area contributed by atoms with E-state index in [9.17, 15) is 0 Å². The second-order valence-electron chi connectivity index (χ2n) is 8.15. The molecule has 0 atom stereocenters. The van der Waals surface area contributed by atoms with Crippen molar-refractivity contribution in [3.8, 4) is 5.75 Å². The second kappa shape index (κ2) is 11.8. The lowest BCUT2D eigenvalue weighted by Crippen LogP contribution is -2.01. The third-order valence-electron chi connectivity index (χ3n) is 5.59. The van der Waals surface area contributed by atoms with E-state index in [4.69, 9.17) is 14.8 Å². The second-order valence-corrected chi connectivity index (χ2v) is 9.01. The molecule has 0 radical (unpaired) electrons. The van der Waals surface area contributed by atoms with Gasteiger partial charge in [0, 0.05) is 22.2 Å². The van der Waals surface area contributed by atoms with Gasteiger partial charge in [-0.3, -0.25) is 0 Å². The van der Waals surface area contributed by atoms with E-state index < -0.39 is 0 Å². The van der Waals surface area contributed by atoms with Crippen LogP contribution in [0.2, 0.25) is 0 Å². The lowest BCUT2D eigenvalue weighted by molar-refractivity contribution is 0.282. The topological polar surface area (TPSA) is 42.4 Å². The van der Waals surface area contributed by atoms with Crippen molar-refractivity contribution in [1.29, 1.82) is 0 Å². The summed E-state index contributed by atoms with van der Waals surface area (Å²) in [6, 6.07) is 8.46. The number of aliphatic hydroxyl groups excluding tert-OH is 1. The Labute approximate surface area is 178 Å². The molecule has 3 rings (SSSR count). The number of rotatable bonds is 14. The summed E-state index contributed by atoms with van der Waals surface area (Å²) in [5, 5.41) is 9.92. The summed E-state index contributed by atoms with van der Waals surface area (Å²) in [5.74, 6) is 1.67. The van der Waals surface area contributed by atoms with Gasteiger partial charge in [-0.15, -0.1) is 0 Å². The van der Waals surface area contributed by atoms with Crippen LogP contribution >= 0.6 is 15.9 Å². The third kappa shape index (κ3) is 7.04. The first-order chi connectivity index (χ1) is 13.8. The van der Waals surface area contributed by atoms with E-state index in [1.165, 1.54) is 69.9 Å². The molecule has 1 fully saturated rings. The Morgan fingerprint density at radius 3 is 2.25 bits per heavy atom. The molecule has 0 saturated heterocycles. The van der Waals surface area contributed by atoms with E-state index in [-0.39, 0.29) is 0 Å². The highest BCUT2D eigenvalue weighted by atomic mass is 79.9. The maximum atomic E-state index is 8.78. The molecular weight excluding hydrogens is 414 g/mol. The van der Waals surface area contributed by atoms with Crippen molar-refractivity contribution in [2.24, 2.45) is 5.92 Å². The first-order valence-electron chi connectivity index (χ1n) is 11.1. The van der Waals surface area contributed by atoms with Gasteiger partial charge in [0.05, 0.1) is 6.61 Å². The lowest BCUT2D eigenvalue weighted by Gasteiger charge is -2.11.